The molecular formula is C11H14ClNS. The van der Waals surface area contributed by atoms with E-state index in [0.29, 0.717) is 5.02 Å². The van der Waals surface area contributed by atoms with Gasteiger partial charge in [-0.3, -0.25) is 0 Å². The number of rotatable bonds is 5. The topological polar surface area (TPSA) is 26.0 Å². The summed E-state index contributed by atoms with van der Waals surface area (Å²) in [6, 6.07) is 5.63. The molecule has 1 aromatic rings. The maximum Gasteiger partial charge on any atom is 0.0467 e. The van der Waals surface area contributed by atoms with Gasteiger partial charge in [-0.15, -0.1) is 18.3 Å². The fourth-order valence-electron chi connectivity index (χ4n) is 1.06. The van der Waals surface area contributed by atoms with Crippen molar-refractivity contribution in [2.45, 2.75) is 17.7 Å². The van der Waals surface area contributed by atoms with Gasteiger partial charge >= 0.3 is 0 Å². The van der Waals surface area contributed by atoms with Crippen molar-refractivity contribution in [1.29, 1.82) is 0 Å². The molecule has 76 valence electrons. The van der Waals surface area contributed by atoms with Crippen molar-refractivity contribution in [3.05, 3.63) is 35.9 Å². The Morgan fingerprint density at radius 1 is 1.50 bits per heavy atom. The van der Waals surface area contributed by atoms with Crippen molar-refractivity contribution in [1.82, 2.24) is 0 Å². The maximum atomic E-state index is 5.81. The summed E-state index contributed by atoms with van der Waals surface area (Å²) in [5.74, 6) is 1.07. The molecule has 0 heterocycles. The third-order valence-electron chi connectivity index (χ3n) is 1.78. The third kappa shape index (κ3) is 3.64. The van der Waals surface area contributed by atoms with Crippen LogP contribution in [0.25, 0.3) is 0 Å². The van der Waals surface area contributed by atoms with Gasteiger partial charge in [-0.1, -0.05) is 17.7 Å². The molecule has 0 aliphatic heterocycles. The van der Waals surface area contributed by atoms with E-state index in [4.69, 9.17) is 17.3 Å². The van der Waals surface area contributed by atoms with Gasteiger partial charge in [0, 0.05) is 15.6 Å². The van der Waals surface area contributed by atoms with Crippen LogP contribution in [0.1, 0.15) is 12.8 Å². The average molecular weight is 228 g/mol. The molecule has 0 aromatic heterocycles. The fourth-order valence-corrected chi connectivity index (χ4v) is 2.16. The minimum absolute atomic E-state index is 0.693. The van der Waals surface area contributed by atoms with Crippen molar-refractivity contribution in [3.8, 4) is 0 Å². The summed E-state index contributed by atoms with van der Waals surface area (Å²) >= 11 is 7.56. The summed E-state index contributed by atoms with van der Waals surface area (Å²) < 4.78 is 0. The van der Waals surface area contributed by atoms with Crippen molar-refractivity contribution in [3.63, 3.8) is 0 Å². The first kappa shape index (κ1) is 11.5. The van der Waals surface area contributed by atoms with E-state index in [1.165, 1.54) is 0 Å². The summed E-state index contributed by atoms with van der Waals surface area (Å²) in [4.78, 5) is 1.11. The summed E-state index contributed by atoms with van der Waals surface area (Å²) in [6.45, 7) is 3.68. The number of nitrogen functional groups attached to an aromatic ring is 1. The van der Waals surface area contributed by atoms with Crippen molar-refractivity contribution in [2.75, 3.05) is 11.5 Å². The second-order valence-electron chi connectivity index (χ2n) is 2.96. The Labute approximate surface area is 94.3 Å². The Morgan fingerprint density at radius 2 is 2.29 bits per heavy atom. The van der Waals surface area contributed by atoms with E-state index in [9.17, 15) is 0 Å². The third-order valence-corrected chi connectivity index (χ3v) is 3.19. The van der Waals surface area contributed by atoms with E-state index in [2.05, 4.69) is 6.58 Å². The van der Waals surface area contributed by atoms with Gasteiger partial charge in [-0.25, -0.2) is 0 Å². The highest BCUT2D eigenvalue weighted by Crippen LogP contribution is 2.28. The lowest BCUT2D eigenvalue weighted by atomic mass is 10.3. The first-order valence-electron chi connectivity index (χ1n) is 4.52. The molecule has 0 aliphatic rings. The van der Waals surface area contributed by atoms with Gasteiger partial charge in [0.1, 0.15) is 0 Å². The van der Waals surface area contributed by atoms with Crippen LogP contribution in [-0.4, -0.2) is 5.75 Å². The first-order chi connectivity index (χ1) is 6.74. The standard InChI is InChI=1S/C11H14ClNS/c1-2-3-4-7-14-11-6-5-9(12)8-10(11)13/h2,5-6,8H,1,3-4,7,13H2. The quantitative estimate of drug-likeness (QED) is 0.356. The van der Waals surface area contributed by atoms with Crippen molar-refractivity contribution in [2.24, 2.45) is 0 Å². The smallest absolute Gasteiger partial charge is 0.0467 e. The van der Waals surface area contributed by atoms with Crippen LogP contribution >= 0.6 is 23.4 Å². The van der Waals surface area contributed by atoms with E-state index in [0.717, 1.165) is 29.2 Å². The molecule has 0 spiro atoms. The van der Waals surface area contributed by atoms with Crippen LogP contribution in [0.5, 0.6) is 0 Å². The number of hydrogen-bond donors (Lipinski definition) is 1. The molecule has 1 aromatic carbocycles. The van der Waals surface area contributed by atoms with Crippen LogP contribution < -0.4 is 5.73 Å². The van der Waals surface area contributed by atoms with Gasteiger partial charge in [0.25, 0.3) is 0 Å². The molecule has 0 fully saturated rings. The predicted molar refractivity (Wildman–Crippen MR) is 66.0 cm³/mol. The Bertz CT molecular complexity index is 312. The number of nitrogens with two attached hydrogens (primary N) is 1. The summed E-state index contributed by atoms with van der Waals surface area (Å²) in [5.41, 5.74) is 6.58. The minimum atomic E-state index is 0.693. The summed E-state index contributed by atoms with van der Waals surface area (Å²) in [7, 11) is 0. The fraction of sp³-hybridized carbons (Fsp3) is 0.273. The molecule has 0 bridgehead atoms. The largest absolute Gasteiger partial charge is 0.398 e. The van der Waals surface area contributed by atoms with Gasteiger partial charge in [-0.2, -0.15) is 0 Å². The normalized spacial score (nSPS) is 10.1. The summed E-state index contributed by atoms with van der Waals surface area (Å²) in [5, 5.41) is 0.693. The first-order valence-corrected chi connectivity index (χ1v) is 5.89. The van der Waals surface area contributed by atoms with Gasteiger partial charge in [0.15, 0.2) is 0 Å². The number of unbranched alkanes of at least 4 members (excludes halogenated alkanes) is 1. The number of allylic oxidation sites excluding steroid dienone is 1. The highest BCUT2D eigenvalue weighted by molar-refractivity contribution is 7.99. The van der Waals surface area contributed by atoms with Crippen LogP contribution in [0.2, 0.25) is 5.02 Å². The number of benzene rings is 1. The molecule has 0 saturated carbocycles. The second-order valence-corrected chi connectivity index (χ2v) is 4.53. The molecule has 1 nitrogen and oxygen atoms in total. The van der Waals surface area contributed by atoms with Crippen LogP contribution in [0.4, 0.5) is 5.69 Å². The molecule has 0 unspecified atom stereocenters. The van der Waals surface area contributed by atoms with E-state index in [-0.39, 0.29) is 0 Å². The number of thioether (sulfide) groups is 1. The highest BCUT2D eigenvalue weighted by Gasteiger charge is 1.99. The number of halogens is 1. The van der Waals surface area contributed by atoms with Crippen LogP contribution in [0, 0.1) is 0 Å². The monoisotopic (exact) mass is 227 g/mol. The molecular weight excluding hydrogens is 214 g/mol. The number of anilines is 1. The molecule has 14 heavy (non-hydrogen) atoms. The van der Waals surface area contributed by atoms with Crippen LogP contribution in [-0.2, 0) is 0 Å². The predicted octanol–water partition coefficient (Wildman–Crippen LogP) is 3.98. The average Bonchev–Trinajstić information content (AvgIpc) is 2.15. The number of hydrogen-bond acceptors (Lipinski definition) is 2. The Kier molecular flexibility index (Phi) is 4.91. The van der Waals surface area contributed by atoms with E-state index >= 15 is 0 Å². The second kappa shape index (κ2) is 5.99. The lowest BCUT2D eigenvalue weighted by Crippen LogP contribution is -1.89. The van der Waals surface area contributed by atoms with Gasteiger partial charge < -0.3 is 5.73 Å². The molecule has 0 radical (unpaired) electrons. The SMILES string of the molecule is C=CCCCSc1ccc(Cl)cc1N. The zero-order valence-electron chi connectivity index (χ0n) is 8.00. The highest BCUT2D eigenvalue weighted by atomic mass is 35.5. The Hall–Kier alpha value is -0.600. The molecule has 0 amide bonds. The van der Waals surface area contributed by atoms with Gasteiger partial charge in [0.05, 0.1) is 0 Å². The maximum absolute atomic E-state index is 5.81. The molecule has 2 N–H and O–H groups in total. The Morgan fingerprint density at radius 3 is 2.93 bits per heavy atom. The van der Waals surface area contributed by atoms with E-state index < -0.39 is 0 Å². The summed E-state index contributed by atoms with van der Waals surface area (Å²) in [6.07, 6.45) is 4.13. The molecule has 0 aliphatic carbocycles. The minimum Gasteiger partial charge on any atom is -0.398 e. The van der Waals surface area contributed by atoms with Gasteiger partial charge in [0.2, 0.25) is 0 Å². The van der Waals surface area contributed by atoms with Crippen molar-refractivity contribution >= 4 is 29.1 Å². The zero-order chi connectivity index (χ0) is 10.4. The lowest BCUT2D eigenvalue weighted by Gasteiger charge is -2.04. The molecule has 1 rings (SSSR count). The zero-order valence-corrected chi connectivity index (χ0v) is 9.57. The Balaban J connectivity index is 2.46. The molecule has 0 saturated heterocycles. The lowest BCUT2D eigenvalue weighted by molar-refractivity contribution is 0.974. The molecule has 3 heteroatoms. The van der Waals surface area contributed by atoms with Crippen LogP contribution in [0.15, 0.2) is 35.7 Å². The van der Waals surface area contributed by atoms with E-state index in [1.807, 2.05) is 18.2 Å². The van der Waals surface area contributed by atoms with Gasteiger partial charge in [-0.05, 0) is 36.8 Å². The van der Waals surface area contributed by atoms with E-state index in [1.54, 1.807) is 17.8 Å². The molecule has 0 atom stereocenters. The van der Waals surface area contributed by atoms with Crippen molar-refractivity contribution < 1.29 is 0 Å². The van der Waals surface area contributed by atoms with Crippen LogP contribution in [0.3, 0.4) is 0 Å².